The minimum absolute atomic E-state index is 0.0328. The molecule has 1 saturated heterocycles. The van der Waals surface area contributed by atoms with Crippen LogP contribution >= 0.6 is 31.2 Å². The van der Waals surface area contributed by atoms with E-state index in [-0.39, 0.29) is 42.6 Å². The number of carbonyl (C=O) groups excluding carboxylic acids is 1. The van der Waals surface area contributed by atoms with Crippen molar-refractivity contribution in [3.05, 3.63) is 149 Å². The van der Waals surface area contributed by atoms with Gasteiger partial charge in [-0.2, -0.15) is 13.2 Å². The molecule has 0 bridgehead atoms. The fraction of sp³-hybridized carbons (Fsp3) is 0.267. The zero-order valence-electron chi connectivity index (χ0n) is 35.7. The predicted octanol–water partition coefficient (Wildman–Crippen LogP) is 8.50. The molecular formula is C45H47ClF3N4O10PS3. The summed E-state index contributed by atoms with van der Waals surface area (Å²) in [4.78, 5) is 33.3. The average molecular weight is 1020 g/mol. The third-order valence-corrected chi connectivity index (χ3v) is 15.5. The van der Waals surface area contributed by atoms with Gasteiger partial charge in [-0.25, -0.2) is 26.1 Å². The number of nitrogens with zero attached hydrogens (tertiary/aromatic N) is 2. The molecule has 1 fully saturated rings. The lowest BCUT2D eigenvalue weighted by atomic mass is 9.84. The summed E-state index contributed by atoms with van der Waals surface area (Å²) >= 11 is 7.34. The van der Waals surface area contributed by atoms with Gasteiger partial charge in [-0.1, -0.05) is 72.3 Å². The van der Waals surface area contributed by atoms with Gasteiger partial charge in [0.15, 0.2) is 0 Å². The summed E-state index contributed by atoms with van der Waals surface area (Å²) in [6.07, 6.45) is 2.09. The lowest BCUT2D eigenvalue weighted by molar-refractivity contribution is -0.0435. The van der Waals surface area contributed by atoms with E-state index >= 15 is 0 Å². The van der Waals surface area contributed by atoms with Crippen LogP contribution in [0.1, 0.15) is 34.9 Å². The van der Waals surface area contributed by atoms with Crippen LogP contribution in [0, 0.1) is 5.92 Å². The second-order valence-corrected chi connectivity index (χ2v) is 21.8. The predicted molar refractivity (Wildman–Crippen MR) is 252 cm³/mol. The Labute approximate surface area is 396 Å². The molecule has 1 aliphatic heterocycles. The normalized spacial score (nSPS) is 14.8. The van der Waals surface area contributed by atoms with Crippen molar-refractivity contribution >= 4 is 68.3 Å². The smallest absolute Gasteiger partial charge is 0.388 e. The van der Waals surface area contributed by atoms with Crippen molar-refractivity contribution < 1.29 is 58.8 Å². The van der Waals surface area contributed by atoms with Gasteiger partial charge in [-0.15, -0.1) is 11.8 Å². The Morgan fingerprint density at radius 2 is 1.58 bits per heavy atom. The number of anilines is 2. The largest absolute Gasteiger partial charge is 0.501 e. The topological polar surface area (TPSA) is 203 Å². The first-order valence-electron chi connectivity index (χ1n) is 20.5. The van der Waals surface area contributed by atoms with Gasteiger partial charge in [-0.05, 0) is 109 Å². The highest BCUT2D eigenvalue weighted by molar-refractivity contribution is 7.99. The van der Waals surface area contributed by atoms with E-state index < -0.39 is 60.7 Å². The molecule has 1 amide bonds. The highest BCUT2D eigenvalue weighted by Crippen LogP contribution is 2.39. The van der Waals surface area contributed by atoms with Gasteiger partial charge in [0, 0.05) is 58.8 Å². The number of aliphatic hydroxyl groups is 1. The van der Waals surface area contributed by atoms with Crippen LogP contribution in [-0.2, 0) is 28.9 Å². The molecule has 358 valence electrons. The van der Waals surface area contributed by atoms with Gasteiger partial charge >= 0.3 is 13.3 Å². The molecule has 0 aliphatic carbocycles. The second kappa shape index (κ2) is 22.1. The Bertz CT molecular complexity index is 2810. The molecule has 5 aromatic carbocycles. The number of nitrogens with one attached hydrogen (secondary N) is 2. The number of sulfone groups is 1. The molecule has 0 unspecified atom stereocenters. The highest BCUT2D eigenvalue weighted by Gasteiger charge is 2.48. The molecule has 14 nitrogen and oxygen atoms in total. The first kappa shape index (κ1) is 51.7. The van der Waals surface area contributed by atoms with Crippen LogP contribution in [0.25, 0.3) is 11.1 Å². The zero-order valence-corrected chi connectivity index (χ0v) is 39.8. The number of piperidine rings is 1. The number of alkyl halides is 3. The summed E-state index contributed by atoms with van der Waals surface area (Å²) in [6, 6.07) is 32.0. The minimum atomic E-state index is -6.19. The molecule has 5 N–H and O–H groups in total. The molecule has 1 aliphatic rings. The summed E-state index contributed by atoms with van der Waals surface area (Å²) in [6.45, 7) is 0.906. The van der Waals surface area contributed by atoms with Crippen LogP contribution in [0.4, 0.5) is 24.5 Å². The second-order valence-electron chi connectivity index (χ2n) is 15.5. The number of halogens is 4. The fourth-order valence-electron chi connectivity index (χ4n) is 7.23. The lowest BCUT2D eigenvalue weighted by Gasteiger charge is -2.36. The van der Waals surface area contributed by atoms with Crippen molar-refractivity contribution in [3.8, 4) is 11.1 Å². The van der Waals surface area contributed by atoms with Crippen molar-refractivity contribution in [3.63, 3.8) is 0 Å². The SMILES string of the molecule is CN(C/C=C(/CSc1ccccc1)Nc1ccc(S(=O)(=O)NC(=O)c2ccc(N3CCC([C@@H](O)c4ccccc4-c4ccc(Cl)cc4)CC3)cc2)cc1S(=O)(=O)C(F)(F)F)CCOP(=O)(O)O. The van der Waals surface area contributed by atoms with Crippen LogP contribution in [0.2, 0.25) is 5.02 Å². The van der Waals surface area contributed by atoms with Gasteiger partial charge in [0.1, 0.15) is 4.90 Å². The van der Waals surface area contributed by atoms with Gasteiger partial charge < -0.3 is 30.0 Å². The minimum Gasteiger partial charge on any atom is -0.388 e. The maximum Gasteiger partial charge on any atom is 0.501 e. The monoisotopic (exact) mass is 1020 g/mol. The molecule has 6 rings (SSSR count). The lowest BCUT2D eigenvalue weighted by Crippen LogP contribution is -2.35. The molecule has 1 heterocycles. The summed E-state index contributed by atoms with van der Waals surface area (Å²) in [5, 5.41) is 14.8. The molecule has 1 atom stereocenters. The van der Waals surface area contributed by atoms with E-state index in [1.165, 1.54) is 30.0 Å². The maximum absolute atomic E-state index is 14.2. The number of rotatable bonds is 19. The maximum atomic E-state index is 14.2. The van der Waals surface area contributed by atoms with Crippen LogP contribution < -0.4 is 14.9 Å². The molecule has 67 heavy (non-hydrogen) atoms. The van der Waals surface area contributed by atoms with E-state index in [0.717, 1.165) is 39.4 Å². The van der Waals surface area contributed by atoms with E-state index in [1.54, 1.807) is 66.5 Å². The number of likely N-dealkylation sites (N-methyl/N-ethyl adjacent to an activating group) is 1. The average Bonchev–Trinajstić information content (AvgIpc) is 3.29. The Morgan fingerprint density at radius 1 is 0.940 bits per heavy atom. The molecule has 0 radical (unpaired) electrons. The summed E-state index contributed by atoms with van der Waals surface area (Å²) < 4.78 is 113. The van der Waals surface area contributed by atoms with Crippen molar-refractivity contribution in [2.75, 3.05) is 55.8 Å². The third-order valence-electron chi connectivity index (χ3n) is 10.8. The molecule has 22 heteroatoms. The Kier molecular flexibility index (Phi) is 17.1. The van der Waals surface area contributed by atoms with Gasteiger partial charge in [-0.3, -0.25) is 9.32 Å². The van der Waals surface area contributed by atoms with Crippen molar-refractivity contribution in [2.24, 2.45) is 5.92 Å². The van der Waals surface area contributed by atoms with E-state index in [9.17, 15) is 44.5 Å². The van der Waals surface area contributed by atoms with Crippen molar-refractivity contribution in [2.45, 2.75) is 39.1 Å². The number of sulfonamides is 1. The van der Waals surface area contributed by atoms with Crippen LogP contribution in [0.3, 0.4) is 0 Å². The van der Waals surface area contributed by atoms with Gasteiger partial charge in [0.25, 0.3) is 25.8 Å². The van der Waals surface area contributed by atoms with E-state index in [1.807, 2.05) is 41.1 Å². The van der Waals surface area contributed by atoms with E-state index in [0.29, 0.717) is 37.0 Å². The fourth-order valence-corrected chi connectivity index (χ4v) is 10.5. The molecule has 0 saturated carbocycles. The quantitative estimate of drug-likeness (QED) is 0.0389. The summed E-state index contributed by atoms with van der Waals surface area (Å²) in [5.74, 6) is -1.09. The Hall–Kier alpha value is -4.73. The number of hydrogen-bond donors (Lipinski definition) is 5. The molecular weight excluding hydrogens is 976 g/mol. The third kappa shape index (κ3) is 13.9. The number of phosphoric acid groups is 1. The first-order chi connectivity index (χ1) is 31.6. The standard InChI is InChI=1S/C45H47ClF3N4O10PS3/c1-52(27-28-63-64(56,57)58)24-23-35(30-65-37-7-3-2-4-8-37)50-41-20-19-38(29-42(41)66(59,60)45(47,48)49)67(61,62)51-44(55)33-13-17-36(18-14-33)53-25-21-32(22-26-53)43(54)40-10-6-5-9-39(40)31-11-15-34(46)16-12-31/h2-20,23,29,32,43,50,54H,21-22,24-28,30H2,1H3,(H,51,55)(H2,56,57,58)/b35-23-/t43-/m1/s1. The van der Waals surface area contributed by atoms with E-state index in [4.69, 9.17) is 21.4 Å². The Morgan fingerprint density at radius 3 is 2.22 bits per heavy atom. The number of aliphatic hydroxyl groups excluding tert-OH is 1. The highest BCUT2D eigenvalue weighted by atomic mass is 35.5. The molecule has 5 aromatic rings. The van der Waals surface area contributed by atoms with Crippen LogP contribution in [0.5, 0.6) is 0 Å². The molecule has 0 aromatic heterocycles. The number of hydrogen-bond acceptors (Lipinski definition) is 12. The van der Waals surface area contributed by atoms with E-state index in [2.05, 4.69) is 14.7 Å². The van der Waals surface area contributed by atoms with Crippen molar-refractivity contribution in [1.29, 1.82) is 0 Å². The Balaban J connectivity index is 1.15. The van der Waals surface area contributed by atoms with Gasteiger partial charge in [0.05, 0.1) is 23.3 Å². The number of benzene rings is 5. The molecule has 0 spiro atoms. The number of carbonyl (C=O) groups is 1. The van der Waals surface area contributed by atoms with Crippen LogP contribution in [0.15, 0.2) is 148 Å². The van der Waals surface area contributed by atoms with Crippen LogP contribution in [-0.4, -0.2) is 93.6 Å². The summed E-state index contributed by atoms with van der Waals surface area (Å²) in [5.41, 5.74) is -2.96. The van der Waals surface area contributed by atoms with Crippen molar-refractivity contribution in [1.82, 2.24) is 9.62 Å². The van der Waals surface area contributed by atoms with Gasteiger partial charge in [0.2, 0.25) is 0 Å². The number of phosphoric ester groups is 1. The number of thioether (sulfide) groups is 1. The number of amides is 1. The zero-order chi connectivity index (χ0) is 48.6. The first-order valence-corrected chi connectivity index (χ1v) is 26.4. The summed E-state index contributed by atoms with van der Waals surface area (Å²) in [7, 11) is -14.3.